The van der Waals surface area contributed by atoms with Gasteiger partial charge in [-0.25, -0.2) is 4.79 Å². The van der Waals surface area contributed by atoms with Crippen LogP contribution in [0, 0.1) is 0 Å². The molecule has 0 amide bonds. The first-order valence-corrected chi connectivity index (χ1v) is 33.4. The molecule has 1 rings (SSSR count). The van der Waals surface area contributed by atoms with Gasteiger partial charge >= 0.3 is 23.1 Å². The number of ether oxygens (including phenoxy) is 1. The molecule has 0 aliphatic heterocycles. The highest BCUT2D eigenvalue weighted by Crippen LogP contribution is 2.24. The van der Waals surface area contributed by atoms with Gasteiger partial charge in [0.15, 0.2) is 25.0 Å². The molecule has 242 valence electrons. The van der Waals surface area contributed by atoms with Gasteiger partial charge in [0.25, 0.3) is 0 Å². The van der Waals surface area contributed by atoms with Crippen LogP contribution in [-0.2, 0) is 26.0 Å². The highest BCUT2D eigenvalue weighted by Gasteiger charge is 2.39. The fraction of sp³-hybridized carbons (Fsp3) is 0.633. The maximum Gasteiger partial charge on any atom is 0.333 e. The number of benzene rings is 1. The Balaban J connectivity index is 0.000000800. The molecule has 0 heterocycles. The third-order valence-electron chi connectivity index (χ3n) is 5.70. The summed E-state index contributed by atoms with van der Waals surface area (Å²) >= 11 is 0. The third kappa shape index (κ3) is 18.9. The summed E-state index contributed by atoms with van der Waals surface area (Å²) in [7, 11) is -11.0. The number of carbonyl (C=O) groups is 1. The Hall–Kier alpha value is -0.689. The molecule has 42 heavy (non-hydrogen) atoms. The van der Waals surface area contributed by atoms with E-state index in [2.05, 4.69) is 129 Å². The smallest absolute Gasteiger partial charge is 0.333 e. The zero-order valence-electron chi connectivity index (χ0n) is 29.8. The maximum absolute atomic E-state index is 11.3. The first kappa shape index (κ1) is 41.3. The summed E-state index contributed by atoms with van der Waals surface area (Å²) in [5, 5.41) is 1.31. The number of hydrogen-bond donors (Lipinski definition) is 0. The largest absolute Gasteiger partial charge is 0.462 e. The molecule has 6 nitrogen and oxygen atoms in total. The number of rotatable bonds is 15. The van der Waals surface area contributed by atoms with Crippen molar-refractivity contribution in [2.75, 3.05) is 6.61 Å². The van der Waals surface area contributed by atoms with Crippen LogP contribution in [0.3, 0.4) is 0 Å². The van der Waals surface area contributed by atoms with Crippen LogP contribution in [0.4, 0.5) is 0 Å². The first-order valence-electron chi connectivity index (χ1n) is 15.0. The lowest BCUT2D eigenvalue weighted by Crippen LogP contribution is -2.56. The van der Waals surface area contributed by atoms with Crippen molar-refractivity contribution in [1.82, 2.24) is 0 Å². The average Bonchev–Trinajstić information content (AvgIpc) is 2.71. The highest BCUT2D eigenvalue weighted by molar-refractivity contribution is 6.93. The molecule has 0 bridgehead atoms. The third-order valence-corrected chi connectivity index (χ3v) is 26.0. The highest BCUT2D eigenvalue weighted by atomic mass is 28.5. The second-order valence-electron chi connectivity index (χ2n) is 15.1. The summed E-state index contributed by atoms with van der Waals surface area (Å²) in [5.41, 5.74) is 2.73. The van der Waals surface area contributed by atoms with Crippen molar-refractivity contribution in [2.24, 2.45) is 0 Å². The van der Waals surface area contributed by atoms with Crippen LogP contribution in [-0.4, -0.2) is 63.0 Å². The molecule has 0 saturated heterocycles. The second kappa shape index (κ2) is 16.0. The summed E-state index contributed by atoms with van der Waals surface area (Å²) in [5.74, 6) is -0.313. The summed E-state index contributed by atoms with van der Waals surface area (Å²) in [6, 6.07) is 9.62. The zero-order valence-corrected chi connectivity index (χ0v) is 35.8. The fourth-order valence-electron chi connectivity index (χ4n) is 4.85. The maximum atomic E-state index is 11.3. The van der Waals surface area contributed by atoms with E-state index in [1.807, 2.05) is 6.92 Å². The second-order valence-corrected chi connectivity index (χ2v) is 40.0. The van der Waals surface area contributed by atoms with E-state index in [0.29, 0.717) is 12.2 Å². The van der Waals surface area contributed by atoms with Gasteiger partial charge < -0.3 is 21.2 Å². The van der Waals surface area contributed by atoms with Crippen LogP contribution in [0.25, 0.3) is 5.57 Å². The number of allylic oxidation sites excluding steroid dienone is 1. The number of hydrogen-bond acceptors (Lipinski definition) is 6. The molecule has 0 radical (unpaired) electrons. The molecule has 0 saturated carbocycles. The van der Waals surface area contributed by atoms with E-state index in [0.717, 1.165) is 18.0 Å². The van der Waals surface area contributed by atoms with E-state index in [-0.39, 0.29) is 5.97 Å². The molecule has 0 spiro atoms. The Kier molecular flexibility index (Phi) is 15.8. The molecule has 0 aliphatic rings. The van der Waals surface area contributed by atoms with Crippen LogP contribution in [0.15, 0.2) is 43.0 Å². The van der Waals surface area contributed by atoms with Gasteiger partial charge in [-0.3, -0.25) is 0 Å². The van der Waals surface area contributed by atoms with Gasteiger partial charge in [-0.05, 0) is 129 Å². The molecule has 0 fully saturated rings. The quantitative estimate of drug-likeness (QED) is 0.0795. The Bertz CT molecular complexity index is 1040. The van der Waals surface area contributed by atoms with Gasteiger partial charge in [0.2, 0.25) is 8.32 Å². The van der Waals surface area contributed by atoms with Gasteiger partial charge in [0, 0.05) is 5.57 Å². The molecular formula is C30H62O6Si6. The van der Waals surface area contributed by atoms with Crippen molar-refractivity contribution < 1.29 is 26.0 Å². The fourth-order valence-corrected chi connectivity index (χ4v) is 30.8. The molecule has 0 unspecified atom stereocenters. The van der Waals surface area contributed by atoms with Crippen molar-refractivity contribution in [2.45, 2.75) is 118 Å². The Morgan fingerprint density at radius 1 is 0.667 bits per heavy atom. The van der Waals surface area contributed by atoms with Crippen molar-refractivity contribution in [3.63, 3.8) is 0 Å². The predicted octanol–water partition coefficient (Wildman–Crippen LogP) is 8.97. The van der Waals surface area contributed by atoms with Crippen molar-refractivity contribution in [3.8, 4) is 0 Å². The van der Waals surface area contributed by atoms with Crippen LogP contribution in [0.2, 0.25) is 97.7 Å². The molecule has 0 aliphatic carbocycles. The Labute approximate surface area is 265 Å². The minimum Gasteiger partial charge on any atom is -0.462 e. The minimum atomic E-state index is -2.09. The van der Waals surface area contributed by atoms with Gasteiger partial charge in [-0.2, -0.15) is 0 Å². The van der Waals surface area contributed by atoms with E-state index in [1.165, 1.54) is 10.8 Å². The lowest BCUT2D eigenvalue weighted by atomic mass is 10.1. The average molecular weight is 687 g/mol. The van der Waals surface area contributed by atoms with E-state index in [1.54, 1.807) is 6.92 Å². The van der Waals surface area contributed by atoms with Crippen molar-refractivity contribution in [3.05, 3.63) is 48.6 Å². The zero-order chi connectivity index (χ0) is 33.4. The first-order chi connectivity index (χ1) is 18.6. The molecule has 0 aromatic heterocycles. The summed E-state index contributed by atoms with van der Waals surface area (Å²) in [6.45, 7) is 42.4. The summed E-state index contributed by atoms with van der Waals surface area (Å²) in [4.78, 5) is 11.3. The number of esters is 1. The van der Waals surface area contributed by atoms with Crippen molar-refractivity contribution >= 4 is 67.1 Å². The van der Waals surface area contributed by atoms with Gasteiger partial charge in [-0.15, -0.1) is 0 Å². The molecule has 1 aromatic carbocycles. The van der Waals surface area contributed by atoms with E-state index in [4.69, 9.17) is 21.2 Å². The molecule has 12 heteroatoms. The van der Waals surface area contributed by atoms with E-state index in [9.17, 15) is 4.79 Å². The Morgan fingerprint density at radius 2 is 1.10 bits per heavy atom. The summed E-state index contributed by atoms with van der Waals surface area (Å²) in [6.07, 6.45) is 0.829. The van der Waals surface area contributed by atoms with Crippen molar-refractivity contribution in [1.29, 1.82) is 0 Å². The monoisotopic (exact) mass is 686 g/mol. The molecule has 0 N–H and O–H groups in total. The lowest BCUT2D eigenvalue weighted by molar-refractivity contribution is -0.138. The van der Waals surface area contributed by atoms with Crippen LogP contribution >= 0.6 is 0 Å². The molecule has 1 aromatic rings. The Morgan fingerprint density at radius 3 is 1.48 bits per heavy atom. The topological polar surface area (TPSA) is 63.2 Å². The molecule has 0 atom stereocenters. The van der Waals surface area contributed by atoms with Crippen LogP contribution in [0.5, 0.6) is 0 Å². The SMILES string of the molecule is C=C(C)C(=O)OCCC[Si](C)(C)O[Si](C)(C)O[Si](C)(C)C.C=C(C)c1ccc([Si](C)(C)O[Si](C)(C)O[Si](C)(C)C)cc1. The minimum absolute atomic E-state index is 0.313. The van der Waals surface area contributed by atoms with Crippen LogP contribution in [0.1, 0.15) is 25.8 Å². The lowest BCUT2D eigenvalue weighted by Gasteiger charge is -2.37. The van der Waals surface area contributed by atoms with Gasteiger partial charge in [-0.1, -0.05) is 43.0 Å². The van der Waals surface area contributed by atoms with E-state index < -0.39 is 50.4 Å². The van der Waals surface area contributed by atoms with E-state index >= 15 is 0 Å². The predicted molar refractivity (Wildman–Crippen MR) is 197 cm³/mol. The normalized spacial score (nSPS) is 13.2. The van der Waals surface area contributed by atoms with Crippen LogP contribution < -0.4 is 5.19 Å². The number of carbonyl (C=O) groups excluding carboxylic acids is 1. The van der Waals surface area contributed by atoms with Gasteiger partial charge in [0.1, 0.15) is 0 Å². The molecular weight excluding hydrogens is 625 g/mol. The summed E-state index contributed by atoms with van der Waals surface area (Å²) < 4.78 is 30.6. The van der Waals surface area contributed by atoms with Gasteiger partial charge in [0.05, 0.1) is 6.61 Å². The standard InChI is InChI=1S/C16H30O2Si3.C14H32O4Si3/c1-14(2)15-10-12-16(13-11-15)20(6,7)18-21(8,9)17-19(3,4)5;1-13(2)14(15)16-11-10-12-20(6,7)18-21(8,9)17-19(3,4)5/h10-13H,1H2,2-9H3;1,10-12H2,2-9H3.